The minimum absolute atomic E-state index is 0.0111. The number of allylic oxidation sites excluding steroid dienone is 2. The maximum absolute atomic E-state index is 12.1. The number of H-pyrrole nitrogens is 1. The second-order valence-corrected chi connectivity index (χ2v) is 7.00. The number of hydrogen-bond donors (Lipinski definition) is 2. The SMILES string of the molecule is O=C(CSc1nnc[nH]1)NC1C=CC(c2cccc3ccccc23)=CC1. The second-order valence-electron chi connectivity index (χ2n) is 6.04. The van der Waals surface area contributed by atoms with Crippen molar-refractivity contribution >= 4 is 34.0 Å². The van der Waals surface area contributed by atoms with Crippen molar-refractivity contribution in [1.82, 2.24) is 20.5 Å². The summed E-state index contributed by atoms with van der Waals surface area (Å²) in [5, 5.41) is 13.7. The third-order valence-electron chi connectivity index (χ3n) is 4.28. The van der Waals surface area contributed by atoms with Crippen molar-refractivity contribution in [3.8, 4) is 0 Å². The minimum atomic E-state index is -0.0111. The van der Waals surface area contributed by atoms with Gasteiger partial charge in [0, 0.05) is 0 Å². The summed E-state index contributed by atoms with van der Waals surface area (Å²) < 4.78 is 0. The molecule has 1 aliphatic rings. The molecule has 0 fully saturated rings. The average molecular weight is 362 g/mol. The third kappa shape index (κ3) is 3.70. The largest absolute Gasteiger partial charge is 0.349 e. The van der Waals surface area contributed by atoms with Gasteiger partial charge in [-0.05, 0) is 28.3 Å². The van der Waals surface area contributed by atoms with Gasteiger partial charge in [0.1, 0.15) is 6.33 Å². The van der Waals surface area contributed by atoms with E-state index in [0.717, 1.165) is 6.42 Å². The standard InChI is InChI=1S/C20H18N4OS/c25-19(12-26-20-21-13-22-24-20)23-16-10-8-15(9-11-16)18-7-3-5-14-4-1-2-6-17(14)18/h1-10,13,16H,11-12H2,(H,23,25)(H,21,22,24). The van der Waals surface area contributed by atoms with E-state index < -0.39 is 0 Å². The van der Waals surface area contributed by atoms with E-state index in [4.69, 9.17) is 0 Å². The Bertz CT molecular complexity index is 973. The van der Waals surface area contributed by atoms with Gasteiger partial charge in [0.05, 0.1) is 11.8 Å². The Balaban J connectivity index is 1.39. The maximum atomic E-state index is 12.1. The smallest absolute Gasteiger partial charge is 0.230 e. The topological polar surface area (TPSA) is 70.7 Å². The van der Waals surface area contributed by atoms with Crippen LogP contribution in [0.3, 0.4) is 0 Å². The number of carbonyl (C=O) groups is 1. The molecule has 2 N–H and O–H groups in total. The first-order valence-corrected chi connectivity index (χ1v) is 9.43. The van der Waals surface area contributed by atoms with Gasteiger partial charge in [0.2, 0.25) is 5.91 Å². The number of nitrogens with zero attached hydrogens (tertiary/aromatic N) is 2. The molecule has 6 heteroatoms. The van der Waals surface area contributed by atoms with Crippen LogP contribution in [0.25, 0.3) is 16.3 Å². The summed E-state index contributed by atoms with van der Waals surface area (Å²) in [6.45, 7) is 0. The van der Waals surface area contributed by atoms with Crippen LogP contribution in [-0.2, 0) is 4.79 Å². The lowest BCUT2D eigenvalue weighted by Gasteiger charge is -2.18. The fraction of sp³-hybridized carbons (Fsp3) is 0.150. The number of carbonyl (C=O) groups excluding carboxylic acids is 1. The number of thioether (sulfide) groups is 1. The van der Waals surface area contributed by atoms with Crippen molar-refractivity contribution in [2.24, 2.45) is 0 Å². The van der Waals surface area contributed by atoms with Crippen molar-refractivity contribution in [1.29, 1.82) is 0 Å². The lowest BCUT2D eigenvalue weighted by Crippen LogP contribution is -2.35. The van der Waals surface area contributed by atoms with Gasteiger partial charge in [-0.2, -0.15) is 0 Å². The number of benzene rings is 2. The Morgan fingerprint density at radius 3 is 2.92 bits per heavy atom. The molecule has 1 heterocycles. The molecule has 1 unspecified atom stereocenters. The quantitative estimate of drug-likeness (QED) is 0.681. The van der Waals surface area contributed by atoms with Gasteiger partial charge >= 0.3 is 0 Å². The molecule has 0 radical (unpaired) electrons. The van der Waals surface area contributed by atoms with Crippen LogP contribution in [0.1, 0.15) is 12.0 Å². The number of rotatable bonds is 5. The molecule has 26 heavy (non-hydrogen) atoms. The van der Waals surface area contributed by atoms with Gasteiger partial charge in [-0.25, -0.2) is 0 Å². The van der Waals surface area contributed by atoms with Gasteiger partial charge < -0.3 is 10.3 Å². The number of amides is 1. The van der Waals surface area contributed by atoms with Crippen molar-refractivity contribution in [2.75, 3.05) is 5.75 Å². The van der Waals surface area contributed by atoms with Crippen LogP contribution in [0.2, 0.25) is 0 Å². The summed E-state index contributed by atoms with van der Waals surface area (Å²) >= 11 is 1.34. The molecule has 0 saturated carbocycles. The zero-order valence-electron chi connectivity index (χ0n) is 14.1. The lowest BCUT2D eigenvalue weighted by atomic mass is 9.93. The van der Waals surface area contributed by atoms with Crippen LogP contribution in [0.15, 0.2) is 72.2 Å². The van der Waals surface area contributed by atoms with Crippen molar-refractivity contribution in [3.63, 3.8) is 0 Å². The van der Waals surface area contributed by atoms with Crippen LogP contribution < -0.4 is 5.32 Å². The van der Waals surface area contributed by atoms with Crippen molar-refractivity contribution in [3.05, 3.63) is 72.6 Å². The monoisotopic (exact) mass is 362 g/mol. The number of fused-ring (bicyclic) bond motifs is 1. The van der Waals surface area contributed by atoms with Gasteiger partial charge in [-0.3, -0.25) is 4.79 Å². The zero-order valence-corrected chi connectivity index (χ0v) is 14.9. The van der Waals surface area contributed by atoms with Crippen LogP contribution in [0.5, 0.6) is 0 Å². The molecule has 1 amide bonds. The Labute approximate surface area is 155 Å². The fourth-order valence-corrected chi connectivity index (χ4v) is 3.64. The molecule has 2 aromatic carbocycles. The second kappa shape index (κ2) is 7.58. The Hall–Kier alpha value is -2.86. The van der Waals surface area contributed by atoms with E-state index in [1.54, 1.807) is 0 Å². The molecule has 1 aliphatic carbocycles. The molecule has 1 atom stereocenters. The van der Waals surface area contributed by atoms with Gasteiger partial charge in [0.25, 0.3) is 0 Å². The van der Waals surface area contributed by atoms with Crippen LogP contribution >= 0.6 is 11.8 Å². The van der Waals surface area contributed by atoms with Gasteiger partial charge in [-0.1, -0.05) is 72.5 Å². The van der Waals surface area contributed by atoms with Crippen molar-refractivity contribution < 1.29 is 4.79 Å². The molecule has 4 rings (SSSR count). The number of aromatic nitrogens is 3. The van der Waals surface area contributed by atoms with Crippen LogP contribution in [0.4, 0.5) is 0 Å². The molecular formula is C20H18N4OS. The van der Waals surface area contributed by atoms with E-state index in [0.29, 0.717) is 10.9 Å². The zero-order chi connectivity index (χ0) is 17.8. The van der Waals surface area contributed by atoms with Gasteiger partial charge in [0.15, 0.2) is 5.16 Å². The van der Waals surface area contributed by atoms with E-state index in [-0.39, 0.29) is 11.9 Å². The molecule has 0 bridgehead atoms. The van der Waals surface area contributed by atoms with E-state index in [1.165, 1.54) is 40.0 Å². The first-order valence-electron chi connectivity index (χ1n) is 8.44. The molecule has 130 valence electrons. The summed E-state index contributed by atoms with van der Waals surface area (Å²) in [4.78, 5) is 15.0. The molecule has 0 spiro atoms. The van der Waals surface area contributed by atoms with Crippen molar-refractivity contribution in [2.45, 2.75) is 17.6 Å². The molecule has 3 aromatic rings. The first-order chi connectivity index (χ1) is 12.8. The minimum Gasteiger partial charge on any atom is -0.349 e. The highest BCUT2D eigenvalue weighted by Crippen LogP contribution is 2.28. The maximum Gasteiger partial charge on any atom is 0.230 e. The Morgan fingerprint density at radius 1 is 1.23 bits per heavy atom. The summed E-state index contributed by atoms with van der Waals surface area (Å²) in [6.07, 6.45) is 8.64. The molecule has 0 aliphatic heterocycles. The predicted octanol–water partition coefficient (Wildman–Crippen LogP) is 3.58. The van der Waals surface area contributed by atoms with E-state index in [2.05, 4.69) is 81.2 Å². The van der Waals surface area contributed by atoms with E-state index >= 15 is 0 Å². The van der Waals surface area contributed by atoms with Gasteiger partial charge in [-0.15, -0.1) is 10.2 Å². The normalized spacial score (nSPS) is 16.5. The lowest BCUT2D eigenvalue weighted by molar-refractivity contribution is -0.118. The summed E-state index contributed by atoms with van der Waals surface area (Å²) in [6, 6.07) is 14.8. The highest BCUT2D eigenvalue weighted by atomic mass is 32.2. The van der Waals surface area contributed by atoms with E-state index in [1.807, 2.05) is 0 Å². The van der Waals surface area contributed by atoms with E-state index in [9.17, 15) is 4.79 Å². The predicted molar refractivity (Wildman–Crippen MR) is 105 cm³/mol. The number of nitrogens with one attached hydrogen (secondary N) is 2. The summed E-state index contributed by atoms with van der Waals surface area (Å²) in [5.74, 6) is 0.308. The third-order valence-corrected chi connectivity index (χ3v) is 5.16. The molecule has 5 nitrogen and oxygen atoms in total. The molecular weight excluding hydrogens is 344 g/mol. The highest BCUT2D eigenvalue weighted by Gasteiger charge is 2.14. The summed E-state index contributed by atoms with van der Waals surface area (Å²) in [5.41, 5.74) is 2.42. The average Bonchev–Trinajstić information content (AvgIpc) is 3.20. The molecule has 0 saturated heterocycles. The van der Waals surface area contributed by atoms with Crippen LogP contribution in [-0.4, -0.2) is 32.9 Å². The highest BCUT2D eigenvalue weighted by molar-refractivity contribution is 7.99. The Morgan fingerprint density at radius 2 is 2.12 bits per heavy atom. The summed E-state index contributed by atoms with van der Waals surface area (Å²) in [7, 11) is 0. The number of hydrogen-bond acceptors (Lipinski definition) is 4. The number of aromatic amines is 1. The first kappa shape index (κ1) is 16.6. The molecule has 1 aromatic heterocycles. The van der Waals surface area contributed by atoms with Crippen LogP contribution in [0, 0.1) is 0 Å². The fourth-order valence-electron chi connectivity index (χ4n) is 3.05. The Kier molecular flexibility index (Phi) is 4.84.